The molecule has 0 unspecified atom stereocenters. The van der Waals surface area contributed by atoms with Crippen molar-refractivity contribution in [2.75, 3.05) is 0 Å². The van der Waals surface area contributed by atoms with Gasteiger partial charge in [0.05, 0.1) is 0 Å². The Kier molecular flexibility index (Phi) is 3.06. The van der Waals surface area contributed by atoms with Crippen molar-refractivity contribution in [2.24, 2.45) is 5.73 Å². The summed E-state index contributed by atoms with van der Waals surface area (Å²) in [5, 5.41) is 6.80. The zero-order valence-electron chi connectivity index (χ0n) is 6.50. The van der Waals surface area contributed by atoms with Crippen LogP contribution >= 0.6 is 0 Å². The Morgan fingerprint density at radius 3 is 2.17 bits per heavy atom. The molecule has 0 radical (unpaired) electrons. The van der Waals surface area contributed by atoms with Gasteiger partial charge in [-0.2, -0.15) is 13.2 Å². The average Bonchev–Trinajstić information content (AvgIpc) is 1.85. The predicted octanol–water partition coefficient (Wildman–Crippen LogP) is 1.99. The maximum atomic E-state index is 11.8. The zero-order valence-corrected chi connectivity index (χ0v) is 6.50. The highest BCUT2D eigenvalue weighted by Crippen LogP contribution is 2.25. The van der Waals surface area contributed by atoms with Crippen LogP contribution in [-0.4, -0.2) is 12.0 Å². The average molecular weight is 178 g/mol. The standard InChI is InChI=1S/C7H9F3N2/c1-4(6(11)12)3-5(2)7(8,9)10/h3H,2H2,1H3,(H3,11,12)/b4-3+. The van der Waals surface area contributed by atoms with Crippen LogP contribution in [0.25, 0.3) is 0 Å². The van der Waals surface area contributed by atoms with Crippen LogP contribution in [0.3, 0.4) is 0 Å². The molecule has 0 spiro atoms. The number of rotatable bonds is 2. The van der Waals surface area contributed by atoms with Gasteiger partial charge in [0.1, 0.15) is 5.84 Å². The molecule has 0 rings (SSSR count). The summed E-state index contributed by atoms with van der Waals surface area (Å²) in [6.07, 6.45) is -3.71. The Morgan fingerprint density at radius 2 is 1.92 bits per heavy atom. The molecule has 0 aromatic carbocycles. The minimum Gasteiger partial charge on any atom is -0.384 e. The molecule has 0 aliphatic carbocycles. The molecule has 2 nitrogen and oxygen atoms in total. The van der Waals surface area contributed by atoms with Crippen LogP contribution in [-0.2, 0) is 0 Å². The molecule has 0 aromatic heterocycles. The molecular weight excluding hydrogens is 169 g/mol. The first-order valence-electron chi connectivity index (χ1n) is 3.04. The van der Waals surface area contributed by atoms with Gasteiger partial charge in [-0.25, -0.2) is 0 Å². The highest BCUT2D eigenvalue weighted by atomic mass is 19.4. The Labute approximate surface area is 68.1 Å². The second kappa shape index (κ2) is 3.42. The van der Waals surface area contributed by atoms with Gasteiger partial charge < -0.3 is 5.73 Å². The van der Waals surface area contributed by atoms with Crippen molar-refractivity contribution in [3.05, 3.63) is 23.8 Å². The van der Waals surface area contributed by atoms with Crippen molar-refractivity contribution in [1.82, 2.24) is 0 Å². The van der Waals surface area contributed by atoms with Gasteiger partial charge in [-0.3, -0.25) is 5.41 Å². The van der Waals surface area contributed by atoms with E-state index in [1.54, 1.807) is 0 Å². The van der Waals surface area contributed by atoms with Crippen LogP contribution < -0.4 is 5.73 Å². The first-order valence-corrected chi connectivity index (χ1v) is 3.04. The van der Waals surface area contributed by atoms with Crippen molar-refractivity contribution >= 4 is 5.84 Å². The molecular formula is C7H9F3N2. The molecule has 68 valence electrons. The van der Waals surface area contributed by atoms with E-state index in [9.17, 15) is 13.2 Å². The molecule has 5 heteroatoms. The minimum atomic E-state index is -4.45. The first kappa shape index (κ1) is 10.7. The largest absolute Gasteiger partial charge is 0.415 e. The predicted molar refractivity (Wildman–Crippen MR) is 40.9 cm³/mol. The van der Waals surface area contributed by atoms with Crippen LogP contribution in [0, 0.1) is 5.41 Å². The summed E-state index contributed by atoms with van der Waals surface area (Å²) >= 11 is 0. The molecule has 0 saturated heterocycles. The second-order valence-electron chi connectivity index (χ2n) is 2.26. The van der Waals surface area contributed by atoms with Gasteiger partial charge >= 0.3 is 6.18 Å². The maximum absolute atomic E-state index is 11.8. The van der Waals surface area contributed by atoms with Gasteiger partial charge in [-0.15, -0.1) is 0 Å². The number of halogens is 3. The summed E-state index contributed by atoms with van der Waals surface area (Å²) in [4.78, 5) is 0. The van der Waals surface area contributed by atoms with Gasteiger partial charge in [0.25, 0.3) is 0 Å². The highest BCUT2D eigenvalue weighted by Gasteiger charge is 2.30. The van der Waals surface area contributed by atoms with E-state index in [1.165, 1.54) is 6.92 Å². The molecule has 0 fully saturated rings. The Hall–Kier alpha value is -1.26. The van der Waals surface area contributed by atoms with Crippen LogP contribution in [0.1, 0.15) is 6.92 Å². The number of nitrogens with two attached hydrogens (primary N) is 1. The molecule has 0 aliphatic rings. The number of nitrogens with one attached hydrogen (secondary N) is 1. The van der Waals surface area contributed by atoms with Crippen LogP contribution in [0.2, 0.25) is 0 Å². The van der Waals surface area contributed by atoms with Gasteiger partial charge in [0.15, 0.2) is 0 Å². The van der Waals surface area contributed by atoms with Crippen LogP contribution in [0.5, 0.6) is 0 Å². The van der Waals surface area contributed by atoms with Crippen molar-refractivity contribution < 1.29 is 13.2 Å². The Bertz CT molecular complexity index is 238. The smallest absolute Gasteiger partial charge is 0.384 e. The molecule has 0 atom stereocenters. The number of hydrogen-bond acceptors (Lipinski definition) is 1. The van der Waals surface area contributed by atoms with E-state index in [0.717, 1.165) is 6.08 Å². The lowest BCUT2D eigenvalue weighted by atomic mass is 10.2. The minimum absolute atomic E-state index is 0.0531. The fourth-order valence-electron chi connectivity index (χ4n) is 0.421. The van der Waals surface area contributed by atoms with E-state index >= 15 is 0 Å². The maximum Gasteiger partial charge on any atom is 0.415 e. The monoisotopic (exact) mass is 178 g/mol. The van der Waals surface area contributed by atoms with E-state index < -0.39 is 11.7 Å². The Morgan fingerprint density at radius 1 is 1.50 bits per heavy atom. The summed E-state index contributed by atoms with van der Waals surface area (Å²) in [5.74, 6) is -0.389. The zero-order chi connectivity index (χ0) is 9.94. The van der Waals surface area contributed by atoms with Gasteiger partial charge in [0, 0.05) is 5.57 Å². The lowest BCUT2D eigenvalue weighted by molar-refractivity contribution is -0.0878. The van der Waals surface area contributed by atoms with Crippen molar-refractivity contribution in [2.45, 2.75) is 13.1 Å². The third-order valence-corrected chi connectivity index (χ3v) is 1.18. The third kappa shape index (κ3) is 3.23. The number of hydrogen-bond donors (Lipinski definition) is 2. The SMILES string of the molecule is C=C(/C=C(\C)C(=N)N)C(F)(F)F. The summed E-state index contributed by atoms with van der Waals surface area (Å²) in [7, 11) is 0. The van der Waals surface area contributed by atoms with Crippen molar-refractivity contribution in [3.8, 4) is 0 Å². The normalized spacial score (nSPS) is 12.8. The van der Waals surface area contributed by atoms with Gasteiger partial charge in [-0.1, -0.05) is 6.58 Å². The van der Waals surface area contributed by atoms with Crippen molar-refractivity contribution in [1.29, 1.82) is 5.41 Å². The van der Waals surface area contributed by atoms with Crippen LogP contribution in [0.15, 0.2) is 23.8 Å². The lowest BCUT2D eigenvalue weighted by Crippen LogP contribution is -2.14. The highest BCUT2D eigenvalue weighted by molar-refractivity contribution is 5.94. The molecule has 0 heterocycles. The molecule has 12 heavy (non-hydrogen) atoms. The number of alkyl halides is 3. The van der Waals surface area contributed by atoms with E-state index in [0.29, 0.717) is 0 Å². The van der Waals surface area contributed by atoms with Crippen LogP contribution in [0.4, 0.5) is 13.2 Å². The fourth-order valence-corrected chi connectivity index (χ4v) is 0.421. The lowest BCUT2D eigenvalue weighted by Gasteiger charge is -2.06. The van der Waals surface area contributed by atoms with Gasteiger partial charge in [0.2, 0.25) is 0 Å². The fraction of sp³-hybridized carbons (Fsp3) is 0.286. The van der Waals surface area contributed by atoms with E-state index in [4.69, 9.17) is 11.1 Å². The summed E-state index contributed by atoms with van der Waals surface area (Å²) in [6, 6.07) is 0. The molecule has 0 aliphatic heterocycles. The third-order valence-electron chi connectivity index (χ3n) is 1.18. The summed E-state index contributed by atoms with van der Waals surface area (Å²) in [6.45, 7) is 4.11. The molecule has 0 saturated carbocycles. The number of allylic oxidation sites excluding steroid dienone is 2. The van der Waals surface area contributed by atoms with Crippen molar-refractivity contribution in [3.63, 3.8) is 0 Å². The molecule has 0 amide bonds. The molecule has 0 aromatic rings. The topological polar surface area (TPSA) is 49.9 Å². The Balaban J connectivity index is 4.57. The van der Waals surface area contributed by atoms with Gasteiger partial charge in [-0.05, 0) is 18.6 Å². The van der Waals surface area contributed by atoms with E-state index in [1.807, 2.05) is 0 Å². The van der Waals surface area contributed by atoms with E-state index in [2.05, 4.69) is 6.58 Å². The molecule has 3 N–H and O–H groups in total. The molecule has 0 bridgehead atoms. The van der Waals surface area contributed by atoms with E-state index in [-0.39, 0.29) is 11.4 Å². The summed E-state index contributed by atoms with van der Waals surface area (Å²) < 4.78 is 35.5. The second-order valence-corrected chi connectivity index (χ2v) is 2.26. The first-order chi connectivity index (χ1) is 5.25. The summed E-state index contributed by atoms with van der Waals surface area (Å²) in [5.41, 5.74) is 3.98. The quantitative estimate of drug-likeness (QED) is 0.379. The number of amidine groups is 1.